The Morgan fingerprint density at radius 2 is 2.14 bits per heavy atom. The summed E-state index contributed by atoms with van der Waals surface area (Å²) >= 11 is 1.65. The molecule has 2 aromatic rings. The molecule has 0 amide bonds. The van der Waals surface area contributed by atoms with Gasteiger partial charge in [-0.1, -0.05) is 0 Å². The van der Waals surface area contributed by atoms with Crippen LogP contribution in [0.1, 0.15) is 16.1 Å². The van der Waals surface area contributed by atoms with Gasteiger partial charge in [-0.15, -0.1) is 11.3 Å². The van der Waals surface area contributed by atoms with E-state index in [2.05, 4.69) is 19.9 Å². The highest BCUT2D eigenvalue weighted by molar-refractivity contribution is 7.13. The van der Waals surface area contributed by atoms with Crippen LogP contribution >= 0.6 is 11.3 Å². The Kier molecular flexibility index (Phi) is 3.89. The number of rotatable bonds is 4. The van der Waals surface area contributed by atoms with Gasteiger partial charge in [0.2, 0.25) is 0 Å². The standard InChI is InChI=1S/C13H17N5O2S/c1-16-11(10(8-15-16)12(19)20)9-17-3-5-18(6-4-17)13-14-2-7-21-13/h2,7-8H,3-6,9H2,1H3,(H,19,20). The molecule has 3 rings (SSSR count). The fraction of sp³-hybridized carbons (Fsp3) is 0.462. The minimum absolute atomic E-state index is 0.292. The molecule has 0 spiro atoms. The van der Waals surface area contributed by atoms with Crippen molar-refractivity contribution in [2.45, 2.75) is 6.54 Å². The van der Waals surface area contributed by atoms with Crippen molar-refractivity contribution in [2.75, 3.05) is 31.1 Å². The number of carbonyl (C=O) groups is 1. The van der Waals surface area contributed by atoms with E-state index in [1.807, 2.05) is 11.6 Å². The van der Waals surface area contributed by atoms with Gasteiger partial charge in [-0.3, -0.25) is 9.58 Å². The molecule has 0 bridgehead atoms. The fourth-order valence-electron chi connectivity index (χ4n) is 2.51. The summed E-state index contributed by atoms with van der Waals surface area (Å²) in [4.78, 5) is 20.0. The van der Waals surface area contributed by atoms with Crippen LogP contribution in [-0.4, -0.2) is 56.9 Å². The molecule has 3 heterocycles. The zero-order valence-corrected chi connectivity index (χ0v) is 12.6. The number of carboxylic acids is 1. The smallest absolute Gasteiger partial charge is 0.339 e. The van der Waals surface area contributed by atoms with E-state index >= 15 is 0 Å². The average Bonchev–Trinajstić information content (AvgIpc) is 3.11. The minimum Gasteiger partial charge on any atom is -0.478 e. The molecule has 1 N–H and O–H groups in total. The number of piperazine rings is 1. The van der Waals surface area contributed by atoms with Crippen LogP contribution < -0.4 is 4.90 Å². The quantitative estimate of drug-likeness (QED) is 0.904. The number of aryl methyl sites for hydroxylation is 1. The van der Waals surface area contributed by atoms with Crippen LogP contribution in [0.5, 0.6) is 0 Å². The maximum absolute atomic E-state index is 11.2. The molecule has 0 aliphatic carbocycles. The van der Waals surface area contributed by atoms with E-state index in [0.717, 1.165) is 37.0 Å². The first-order chi connectivity index (χ1) is 10.1. The number of carboxylic acid groups (broad SMARTS) is 1. The first-order valence-corrected chi connectivity index (χ1v) is 7.64. The Hall–Kier alpha value is -1.93. The number of hydrogen-bond acceptors (Lipinski definition) is 6. The SMILES string of the molecule is Cn1ncc(C(=O)O)c1CN1CCN(c2nccs2)CC1. The first kappa shape index (κ1) is 14.0. The second-order valence-corrected chi connectivity index (χ2v) is 5.88. The van der Waals surface area contributed by atoms with Crippen molar-refractivity contribution >= 4 is 22.4 Å². The van der Waals surface area contributed by atoms with E-state index in [9.17, 15) is 9.90 Å². The van der Waals surface area contributed by atoms with Crippen molar-refractivity contribution in [1.82, 2.24) is 19.7 Å². The van der Waals surface area contributed by atoms with E-state index in [-0.39, 0.29) is 0 Å². The third kappa shape index (κ3) is 2.91. The zero-order valence-electron chi connectivity index (χ0n) is 11.8. The zero-order chi connectivity index (χ0) is 14.8. The third-order valence-electron chi connectivity index (χ3n) is 3.73. The largest absolute Gasteiger partial charge is 0.478 e. The second kappa shape index (κ2) is 5.82. The van der Waals surface area contributed by atoms with Crippen LogP contribution in [0.3, 0.4) is 0 Å². The number of aromatic nitrogens is 3. The average molecular weight is 307 g/mol. The number of nitrogens with zero attached hydrogens (tertiary/aromatic N) is 5. The van der Waals surface area contributed by atoms with Gasteiger partial charge in [0.25, 0.3) is 0 Å². The number of thiazole rings is 1. The third-order valence-corrected chi connectivity index (χ3v) is 4.56. The van der Waals surface area contributed by atoms with Gasteiger partial charge in [0, 0.05) is 51.3 Å². The van der Waals surface area contributed by atoms with E-state index < -0.39 is 5.97 Å². The molecule has 2 aromatic heterocycles. The molecule has 0 unspecified atom stereocenters. The van der Waals surface area contributed by atoms with Crippen LogP contribution in [0.25, 0.3) is 0 Å². The monoisotopic (exact) mass is 307 g/mol. The van der Waals surface area contributed by atoms with Gasteiger partial charge in [-0.05, 0) is 0 Å². The lowest BCUT2D eigenvalue weighted by molar-refractivity contribution is 0.0694. The van der Waals surface area contributed by atoms with Crippen molar-refractivity contribution in [1.29, 1.82) is 0 Å². The van der Waals surface area contributed by atoms with E-state index in [1.165, 1.54) is 6.20 Å². The van der Waals surface area contributed by atoms with Gasteiger partial charge < -0.3 is 10.0 Å². The summed E-state index contributed by atoms with van der Waals surface area (Å²) in [6.45, 7) is 4.22. The Balaban J connectivity index is 1.63. The molecule has 0 aromatic carbocycles. The summed E-state index contributed by atoms with van der Waals surface area (Å²) < 4.78 is 1.65. The van der Waals surface area contributed by atoms with E-state index in [0.29, 0.717) is 12.1 Å². The number of hydrogen-bond donors (Lipinski definition) is 1. The summed E-state index contributed by atoms with van der Waals surface area (Å²) in [5.74, 6) is -0.917. The van der Waals surface area contributed by atoms with Gasteiger partial charge in [-0.2, -0.15) is 5.10 Å². The van der Waals surface area contributed by atoms with Crippen LogP contribution in [0, 0.1) is 0 Å². The Morgan fingerprint density at radius 3 is 2.76 bits per heavy atom. The lowest BCUT2D eigenvalue weighted by Gasteiger charge is -2.34. The van der Waals surface area contributed by atoms with Crippen LogP contribution in [0.2, 0.25) is 0 Å². The van der Waals surface area contributed by atoms with Gasteiger partial charge in [0.05, 0.1) is 11.9 Å². The van der Waals surface area contributed by atoms with Crippen molar-refractivity contribution in [3.05, 3.63) is 29.0 Å². The van der Waals surface area contributed by atoms with Gasteiger partial charge in [0.1, 0.15) is 5.56 Å². The molecule has 0 saturated carbocycles. The molecular formula is C13H17N5O2S. The van der Waals surface area contributed by atoms with E-state index in [4.69, 9.17) is 0 Å². The molecule has 7 nitrogen and oxygen atoms in total. The van der Waals surface area contributed by atoms with Gasteiger partial charge in [-0.25, -0.2) is 9.78 Å². The van der Waals surface area contributed by atoms with Crippen molar-refractivity contribution < 1.29 is 9.90 Å². The molecule has 1 aliphatic rings. The second-order valence-electron chi connectivity index (χ2n) is 5.01. The molecule has 112 valence electrons. The summed E-state index contributed by atoms with van der Waals surface area (Å²) in [5.41, 5.74) is 1.05. The molecule has 1 saturated heterocycles. The first-order valence-electron chi connectivity index (χ1n) is 6.76. The summed E-state index contributed by atoms with van der Waals surface area (Å²) in [7, 11) is 1.79. The van der Waals surface area contributed by atoms with Crippen LogP contribution in [0.4, 0.5) is 5.13 Å². The highest BCUT2D eigenvalue weighted by Gasteiger charge is 2.22. The number of anilines is 1. The molecule has 0 atom stereocenters. The van der Waals surface area contributed by atoms with Crippen molar-refractivity contribution in [3.8, 4) is 0 Å². The normalized spacial score (nSPS) is 16.3. The van der Waals surface area contributed by atoms with Crippen LogP contribution in [-0.2, 0) is 13.6 Å². The van der Waals surface area contributed by atoms with Gasteiger partial charge in [0.15, 0.2) is 5.13 Å². The predicted molar refractivity (Wildman–Crippen MR) is 79.8 cm³/mol. The molecule has 0 radical (unpaired) electrons. The maximum Gasteiger partial charge on any atom is 0.339 e. The Morgan fingerprint density at radius 1 is 1.38 bits per heavy atom. The van der Waals surface area contributed by atoms with Gasteiger partial charge >= 0.3 is 5.97 Å². The lowest BCUT2D eigenvalue weighted by Crippen LogP contribution is -2.46. The topological polar surface area (TPSA) is 74.5 Å². The summed E-state index contributed by atoms with van der Waals surface area (Å²) in [6.07, 6.45) is 3.24. The molecule has 1 fully saturated rings. The van der Waals surface area contributed by atoms with Crippen molar-refractivity contribution in [3.63, 3.8) is 0 Å². The highest BCUT2D eigenvalue weighted by atomic mass is 32.1. The van der Waals surface area contributed by atoms with Crippen molar-refractivity contribution in [2.24, 2.45) is 7.05 Å². The molecule has 21 heavy (non-hydrogen) atoms. The van der Waals surface area contributed by atoms with Crippen LogP contribution in [0.15, 0.2) is 17.8 Å². The molecule has 1 aliphatic heterocycles. The summed E-state index contributed by atoms with van der Waals surface area (Å²) in [5, 5.41) is 16.3. The Bertz CT molecular complexity index is 617. The van der Waals surface area contributed by atoms with E-state index in [1.54, 1.807) is 23.1 Å². The number of aromatic carboxylic acids is 1. The highest BCUT2D eigenvalue weighted by Crippen LogP contribution is 2.20. The lowest BCUT2D eigenvalue weighted by atomic mass is 10.2. The molecular weight excluding hydrogens is 290 g/mol. The predicted octanol–water partition coefficient (Wildman–Crippen LogP) is 0.897. The maximum atomic E-state index is 11.2. The Labute approximate surface area is 126 Å². The summed E-state index contributed by atoms with van der Waals surface area (Å²) in [6, 6.07) is 0. The molecule has 8 heteroatoms. The minimum atomic E-state index is -0.917. The fourth-order valence-corrected chi connectivity index (χ4v) is 3.21.